The second kappa shape index (κ2) is 4.30. The van der Waals surface area contributed by atoms with Crippen molar-refractivity contribution in [3.63, 3.8) is 0 Å². The molecular weight excluding hydrogens is 254 g/mol. The van der Waals surface area contributed by atoms with Crippen molar-refractivity contribution in [1.82, 2.24) is 19.5 Å². The molecule has 9 nitrogen and oxygen atoms in total. The quantitative estimate of drug-likeness (QED) is 0.510. The van der Waals surface area contributed by atoms with Gasteiger partial charge in [0.1, 0.15) is 24.2 Å². The summed E-state index contributed by atoms with van der Waals surface area (Å²) in [5, 5.41) is 18.8. The number of aromatic nitrogens is 4. The van der Waals surface area contributed by atoms with Gasteiger partial charge in [-0.25, -0.2) is 19.3 Å². The third-order valence-electron chi connectivity index (χ3n) is 3.21. The Morgan fingerprint density at radius 2 is 2.37 bits per heavy atom. The van der Waals surface area contributed by atoms with Gasteiger partial charge in [0.05, 0.1) is 12.7 Å². The molecule has 3 atom stereocenters. The predicted molar refractivity (Wildman–Crippen MR) is 64.2 cm³/mol. The molecule has 2 unspecified atom stereocenters. The Balaban J connectivity index is 2.09. The van der Waals surface area contributed by atoms with E-state index in [9.17, 15) is 9.90 Å². The van der Waals surface area contributed by atoms with Gasteiger partial charge < -0.3 is 25.7 Å². The summed E-state index contributed by atoms with van der Waals surface area (Å²) in [6.45, 7) is -0.314. The summed E-state index contributed by atoms with van der Waals surface area (Å²) in [6, 6.07) is 0. The molecule has 19 heavy (non-hydrogen) atoms. The molecule has 0 bridgehead atoms. The lowest BCUT2D eigenvalue weighted by Crippen LogP contribution is -2.25. The van der Waals surface area contributed by atoms with Gasteiger partial charge in [-0.3, -0.25) is 0 Å². The molecule has 2 aromatic heterocycles. The first-order chi connectivity index (χ1) is 9.11. The molecule has 1 aliphatic heterocycles. The van der Waals surface area contributed by atoms with E-state index in [0.717, 1.165) is 0 Å². The van der Waals surface area contributed by atoms with Crippen molar-refractivity contribution in [2.45, 2.75) is 24.9 Å². The predicted octanol–water partition coefficient (Wildman–Crippen LogP) is -1.66. The Hall–Kier alpha value is -1.97. The van der Waals surface area contributed by atoms with Crippen LogP contribution in [0.3, 0.4) is 0 Å². The summed E-state index contributed by atoms with van der Waals surface area (Å²) in [4.78, 5) is 22.3. The van der Waals surface area contributed by atoms with E-state index in [1.807, 2.05) is 0 Å². The average Bonchev–Trinajstić information content (AvgIpc) is 2.90. The Labute approximate surface area is 106 Å². The molecule has 9 heteroatoms. The molecule has 0 amide bonds. The molecule has 3 rings (SSSR count). The van der Waals surface area contributed by atoms with E-state index >= 15 is 0 Å². The van der Waals surface area contributed by atoms with Crippen molar-refractivity contribution in [3.05, 3.63) is 16.8 Å². The Kier molecular flexibility index (Phi) is 2.73. The first-order valence-electron chi connectivity index (χ1n) is 5.77. The number of hydrogen-bond donors (Lipinski definition) is 4. The van der Waals surface area contributed by atoms with Crippen LogP contribution in [0.2, 0.25) is 0 Å². The van der Waals surface area contributed by atoms with Crippen LogP contribution in [0.5, 0.6) is 0 Å². The lowest BCUT2D eigenvalue weighted by Gasteiger charge is -2.12. The first-order valence-corrected chi connectivity index (χ1v) is 5.77. The SMILES string of the molecule is Nc1ncnc2c1[nH]c(=O)n2C1C[C@@H](O)C(CO)O1. The minimum atomic E-state index is -0.828. The number of nitrogens with one attached hydrogen (secondary N) is 1. The van der Waals surface area contributed by atoms with E-state index in [1.54, 1.807) is 0 Å². The van der Waals surface area contributed by atoms with Crippen molar-refractivity contribution < 1.29 is 14.9 Å². The van der Waals surface area contributed by atoms with Crippen molar-refractivity contribution in [2.75, 3.05) is 12.3 Å². The summed E-state index contributed by atoms with van der Waals surface area (Å²) in [7, 11) is 0. The van der Waals surface area contributed by atoms with Gasteiger partial charge in [0.25, 0.3) is 0 Å². The topological polar surface area (TPSA) is 139 Å². The largest absolute Gasteiger partial charge is 0.394 e. The highest BCUT2D eigenvalue weighted by Gasteiger charge is 2.36. The molecule has 1 aliphatic rings. The van der Waals surface area contributed by atoms with Crippen molar-refractivity contribution in [2.24, 2.45) is 0 Å². The normalized spacial score (nSPS) is 27.2. The lowest BCUT2D eigenvalue weighted by molar-refractivity contribution is -0.0441. The number of nitrogens with two attached hydrogens (primary N) is 1. The fourth-order valence-electron chi connectivity index (χ4n) is 2.26. The number of nitrogens with zero attached hydrogens (tertiary/aromatic N) is 3. The van der Waals surface area contributed by atoms with E-state index in [0.29, 0.717) is 11.2 Å². The van der Waals surface area contributed by atoms with Crippen LogP contribution in [-0.2, 0) is 4.74 Å². The molecule has 0 saturated carbocycles. The minimum Gasteiger partial charge on any atom is -0.394 e. The van der Waals surface area contributed by atoms with Crippen LogP contribution < -0.4 is 11.4 Å². The van der Waals surface area contributed by atoms with Gasteiger partial charge in [-0.05, 0) is 0 Å². The Morgan fingerprint density at radius 3 is 3.05 bits per heavy atom. The zero-order chi connectivity index (χ0) is 13.6. The number of aliphatic hydroxyl groups is 2. The Bertz CT molecular complexity index is 665. The summed E-state index contributed by atoms with van der Waals surface area (Å²) >= 11 is 0. The molecule has 1 saturated heterocycles. The maximum atomic E-state index is 11.9. The van der Waals surface area contributed by atoms with Gasteiger partial charge >= 0.3 is 5.69 Å². The zero-order valence-corrected chi connectivity index (χ0v) is 9.85. The van der Waals surface area contributed by atoms with Crippen molar-refractivity contribution in [3.8, 4) is 0 Å². The average molecular weight is 267 g/mol. The summed E-state index contributed by atoms with van der Waals surface area (Å²) in [5.74, 6) is 0.165. The first kappa shape index (κ1) is 12.1. The Morgan fingerprint density at radius 1 is 1.58 bits per heavy atom. The standard InChI is InChI=1S/C10H13N5O4/c11-8-7-9(13-3-12-8)15(10(18)14-7)6-1-4(17)5(2-16)19-6/h3-6,16-17H,1-2H2,(H,14,18)(H2,11,12,13)/t4-,5?,6?/m1/s1. The third kappa shape index (κ3) is 1.79. The van der Waals surface area contributed by atoms with Crippen LogP contribution >= 0.6 is 0 Å². The number of rotatable bonds is 2. The van der Waals surface area contributed by atoms with Crippen LogP contribution in [-0.4, -0.2) is 48.5 Å². The lowest BCUT2D eigenvalue weighted by atomic mass is 10.2. The monoisotopic (exact) mass is 267 g/mol. The van der Waals surface area contributed by atoms with E-state index < -0.39 is 24.1 Å². The van der Waals surface area contributed by atoms with E-state index in [2.05, 4.69) is 15.0 Å². The number of hydrogen-bond acceptors (Lipinski definition) is 7. The maximum absolute atomic E-state index is 11.9. The minimum absolute atomic E-state index is 0.165. The summed E-state index contributed by atoms with van der Waals surface area (Å²) < 4.78 is 6.71. The highest BCUT2D eigenvalue weighted by molar-refractivity contribution is 5.81. The number of aliphatic hydroxyl groups excluding tert-OH is 2. The molecule has 5 N–H and O–H groups in total. The molecule has 0 spiro atoms. The van der Waals surface area contributed by atoms with Gasteiger partial charge in [0.2, 0.25) is 0 Å². The fraction of sp³-hybridized carbons (Fsp3) is 0.500. The van der Waals surface area contributed by atoms with Gasteiger partial charge in [0.15, 0.2) is 11.5 Å². The van der Waals surface area contributed by atoms with Crippen LogP contribution in [0.15, 0.2) is 11.1 Å². The van der Waals surface area contributed by atoms with E-state index in [1.165, 1.54) is 10.9 Å². The third-order valence-corrected chi connectivity index (χ3v) is 3.21. The molecule has 0 radical (unpaired) electrons. The number of ether oxygens (including phenoxy) is 1. The van der Waals surface area contributed by atoms with Crippen LogP contribution in [0.1, 0.15) is 12.6 Å². The summed E-state index contributed by atoms with van der Waals surface area (Å²) in [6.07, 6.45) is -0.784. The van der Waals surface area contributed by atoms with Gasteiger partial charge in [-0.15, -0.1) is 0 Å². The molecular formula is C10H13N5O4. The second-order valence-electron chi connectivity index (χ2n) is 4.37. The van der Waals surface area contributed by atoms with Gasteiger partial charge in [-0.1, -0.05) is 0 Å². The number of imidazole rings is 1. The zero-order valence-electron chi connectivity index (χ0n) is 9.85. The highest BCUT2D eigenvalue weighted by Crippen LogP contribution is 2.29. The van der Waals surface area contributed by atoms with Crippen molar-refractivity contribution >= 4 is 17.0 Å². The van der Waals surface area contributed by atoms with Gasteiger partial charge in [0, 0.05) is 6.42 Å². The molecule has 0 aromatic carbocycles. The highest BCUT2D eigenvalue weighted by atomic mass is 16.5. The van der Waals surface area contributed by atoms with Crippen LogP contribution in [0, 0.1) is 0 Å². The summed E-state index contributed by atoms with van der Waals surface area (Å²) in [5.41, 5.74) is 5.85. The van der Waals surface area contributed by atoms with E-state index in [-0.39, 0.29) is 18.8 Å². The molecule has 0 aliphatic carbocycles. The number of anilines is 1. The molecule has 3 heterocycles. The van der Waals surface area contributed by atoms with E-state index in [4.69, 9.17) is 15.6 Å². The number of aromatic amines is 1. The van der Waals surface area contributed by atoms with Crippen LogP contribution in [0.25, 0.3) is 11.2 Å². The molecule has 2 aromatic rings. The van der Waals surface area contributed by atoms with Gasteiger partial charge in [-0.2, -0.15) is 0 Å². The number of H-pyrrole nitrogens is 1. The second-order valence-corrected chi connectivity index (χ2v) is 4.37. The van der Waals surface area contributed by atoms with Crippen LogP contribution in [0.4, 0.5) is 5.82 Å². The molecule has 1 fully saturated rings. The van der Waals surface area contributed by atoms with Crippen molar-refractivity contribution in [1.29, 1.82) is 0 Å². The molecule has 102 valence electrons. The number of fused-ring (bicyclic) bond motifs is 1. The fourth-order valence-corrected chi connectivity index (χ4v) is 2.26. The smallest absolute Gasteiger partial charge is 0.329 e. The maximum Gasteiger partial charge on any atom is 0.329 e. The number of nitrogen functional groups attached to an aromatic ring is 1.